The maximum atomic E-state index is 12.9. The van der Waals surface area contributed by atoms with Gasteiger partial charge in [-0.1, -0.05) is 13.8 Å². The number of rotatable bonds is 8. The van der Waals surface area contributed by atoms with Gasteiger partial charge >= 0.3 is 0 Å². The minimum Gasteiger partial charge on any atom is -0.497 e. The summed E-state index contributed by atoms with van der Waals surface area (Å²) in [7, 11) is 3.04. The maximum Gasteiger partial charge on any atom is 0.252 e. The number of carbonyl (C=O) groups excluding carboxylic acids is 2. The van der Waals surface area contributed by atoms with Gasteiger partial charge in [0.25, 0.3) is 5.91 Å². The van der Waals surface area contributed by atoms with Gasteiger partial charge < -0.3 is 25.0 Å². The van der Waals surface area contributed by atoms with Gasteiger partial charge in [0.2, 0.25) is 5.91 Å². The number of benzene rings is 1. The smallest absolute Gasteiger partial charge is 0.252 e. The zero-order valence-corrected chi connectivity index (χ0v) is 18.5. The summed E-state index contributed by atoms with van der Waals surface area (Å²) in [4.78, 5) is 32.4. The van der Waals surface area contributed by atoms with Crippen LogP contribution in [0.4, 0.5) is 11.5 Å². The molecule has 1 aromatic carbocycles. The van der Waals surface area contributed by atoms with Crippen LogP contribution in [0.2, 0.25) is 0 Å². The third-order valence-electron chi connectivity index (χ3n) is 5.29. The van der Waals surface area contributed by atoms with E-state index < -0.39 is 6.04 Å². The summed E-state index contributed by atoms with van der Waals surface area (Å²) >= 11 is 0. The molecule has 1 aliphatic rings. The van der Waals surface area contributed by atoms with Crippen molar-refractivity contribution < 1.29 is 19.1 Å². The molecule has 31 heavy (non-hydrogen) atoms. The topological polar surface area (TPSA) is 92.8 Å². The molecule has 0 bridgehead atoms. The molecule has 0 spiro atoms. The first-order valence-electron chi connectivity index (χ1n) is 10.5. The molecular weight excluding hydrogens is 396 g/mol. The lowest BCUT2D eigenvalue weighted by molar-refractivity contribution is -0.118. The molecule has 1 saturated heterocycles. The number of aromatic nitrogens is 1. The largest absolute Gasteiger partial charge is 0.497 e. The summed E-state index contributed by atoms with van der Waals surface area (Å²) in [6.45, 7) is 5.78. The fraction of sp³-hybridized carbons (Fsp3) is 0.435. The van der Waals surface area contributed by atoms with Crippen molar-refractivity contribution in [2.75, 3.05) is 37.5 Å². The number of pyridine rings is 1. The molecule has 1 aromatic heterocycles. The van der Waals surface area contributed by atoms with E-state index in [1.807, 2.05) is 26.0 Å². The molecule has 0 unspecified atom stereocenters. The Morgan fingerprint density at radius 3 is 2.19 bits per heavy atom. The highest BCUT2D eigenvalue weighted by Gasteiger charge is 2.25. The molecule has 8 heteroatoms. The first-order chi connectivity index (χ1) is 14.9. The van der Waals surface area contributed by atoms with E-state index in [0.717, 1.165) is 18.9 Å². The van der Waals surface area contributed by atoms with Crippen molar-refractivity contribution in [3.05, 3.63) is 42.1 Å². The molecule has 0 saturated carbocycles. The first kappa shape index (κ1) is 22.4. The van der Waals surface area contributed by atoms with Gasteiger partial charge in [-0.05, 0) is 43.0 Å². The van der Waals surface area contributed by atoms with Gasteiger partial charge in [-0.15, -0.1) is 0 Å². The van der Waals surface area contributed by atoms with Gasteiger partial charge in [0.15, 0.2) is 0 Å². The number of hydrogen-bond donors (Lipinski definition) is 2. The Morgan fingerprint density at radius 2 is 1.68 bits per heavy atom. The van der Waals surface area contributed by atoms with Gasteiger partial charge in [-0.3, -0.25) is 9.59 Å². The van der Waals surface area contributed by atoms with Crippen molar-refractivity contribution in [1.29, 1.82) is 0 Å². The Hall–Kier alpha value is -3.29. The van der Waals surface area contributed by atoms with Crippen LogP contribution in [0.3, 0.4) is 0 Å². The molecule has 2 aromatic rings. The van der Waals surface area contributed by atoms with Crippen molar-refractivity contribution in [2.45, 2.75) is 32.7 Å². The van der Waals surface area contributed by atoms with E-state index in [0.29, 0.717) is 22.7 Å². The number of methoxy groups -OCH3 is 2. The molecule has 1 atom stereocenters. The second kappa shape index (κ2) is 10.1. The van der Waals surface area contributed by atoms with Gasteiger partial charge in [0.05, 0.1) is 26.1 Å². The average molecular weight is 427 g/mol. The van der Waals surface area contributed by atoms with E-state index in [-0.39, 0.29) is 17.7 Å². The number of nitrogens with zero attached hydrogens (tertiary/aromatic N) is 2. The van der Waals surface area contributed by atoms with Gasteiger partial charge in [0.1, 0.15) is 23.4 Å². The van der Waals surface area contributed by atoms with Crippen molar-refractivity contribution in [1.82, 2.24) is 10.3 Å². The van der Waals surface area contributed by atoms with E-state index in [1.165, 1.54) is 27.1 Å². The highest BCUT2D eigenvalue weighted by molar-refractivity contribution is 6.01. The van der Waals surface area contributed by atoms with Crippen molar-refractivity contribution in [3.63, 3.8) is 0 Å². The maximum absolute atomic E-state index is 12.9. The van der Waals surface area contributed by atoms with Crippen molar-refractivity contribution in [3.8, 4) is 11.5 Å². The van der Waals surface area contributed by atoms with Crippen LogP contribution in [0.25, 0.3) is 0 Å². The lowest BCUT2D eigenvalue weighted by Crippen LogP contribution is -2.47. The summed E-state index contributed by atoms with van der Waals surface area (Å²) in [6, 6.07) is 7.92. The molecule has 166 valence electrons. The second-order valence-electron chi connectivity index (χ2n) is 7.88. The lowest BCUT2D eigenvalue weighted by Gasteiger charge is -2.22. The molecule has 2 amide bonds. The number of ether oxygens (including phenoxy) is 2. The van der Waals surface area contributed by atoms with Crippen molar-refractivity contribution >= 4 is 23.3 Å². The third-order valence-corrected chi connectivity index (χ3v) is 5.29. The van der Waals surface area contributed by atoms with E-state index >= 15 is 0 Å². The number of hydrogen-bond acceptors (Lipinski definition) is 6. The average Bonchev–Trinajstić information content (AvgIpc) is 3.32. The van der Waals surface area contributed by atoms with Gasteiger partial charge in [-0.2, -0.15) is 0 Å². The van der Waals surface area contributed by atoms with Crippen molar-refractivity contribution in [2.24, 2.45) is 5.92 Å². The minimum atomic E-state index is -0.719. The van der Waals surface area contributed by atoms with Crippen LogP contribution >= 0.6 is 0 Å². The molecule has 1 aliphatic heterocycles. The molecule has 0 radical (unpaired) electrons. The quantitative estimate of drug-likeness (QED) is 0.674. The van der Waals surface area contributed by atoms with Crippen LogP contribution in [0.5, 0.6) is 11.5 Å². The highest BCUT2D eigenvalue weighted by Crippen LogP contribution is 2.23. The summed E-state index contributed by atoms with van der Waals surface area (Å²) < 4.78 is 10.4. The zero-order valence-electron chi connectivity index (χ0n) is 18.5. The lowest BCUT2D eigenvalue weighted by atomic mass is 10.0. The number of carbonyl (C=O) groups is 2. The SMILES string of the molecule is COc1cc(OC)cc(C(=O)N[C@@H](C(=O)Nc2ccc(N3CCCC3)nc2)C(C)C)c1. The third kappa shape index (κ3) is 5.65. The Bertz CT molecular complexity index is 886. The first-order valence-corrected chi connectivity index (χ1v) is 10.5. The molecule has 1 fully saturated rings. The summed E-state index contributed by atoms with van der Waals surface area (Å²) in [5.74, 6) is 1.12. The monoisotopic (exact) mass is 426 g/mol. The highest BCUT2D eigenvalue weighted by atomic mass is 16.5. The van der Waals surface area contributed by atoms with E-state index in [9.17, 15) is 9.59 Å². The van der Waals surface area contributed by atoms with Gasteiger partial charge in [-0.25, -0.2) is 4.98 Å². The molecule has 2 N–H and O–H groups in total. The van der Waals surface area contributed by atoms with Crippen LogP contribution in [0, 0.1) is 5.92 Å². The fourth-order valence-corrected chi connectivity index (χ4v) is 3.51. The van der Waals surface area contributed by atoms with Crippen LogP contribution in [0.15, 0.2) is 36.5 Å². The van der Waals surface area contributed by atoms with E-state index in [2.05, 4.69) is 20.5 Å². The van der Waals surface area contributed by atoms with Crippen LogP contribution in [-0.2, 0) is 4.79 Å². The van der Waals surface area contributed by atoms with Gasteiger partial charge in [0, 0.05) is 24.7 Å². The fourth-order valence-electron chi connectivity index (χ4n) is 3.51. The Kier molecular flexibility index (Phi) is 7.33. The Balaban J connectivity index is 1.68. The van der Waals surface area contributed by atoms with Crippen LogP contribution < -0.4 is 25.0 Å². The summed E-state index contributed by atoms with van der Waals surface area (Å²) in [5, 5.41) is 5.68. The molecule has 8 nitrogen and oxygen atoms in total. The zero-order chi connectivity index (χ0) is 22.4. The standard InChI is InChI=1S/C23H30N4O4/c1-15(2)21(26-22(28)16-11-18(30-3)13-19(12-16)31-4)23(29)25-17-7-8-20(24-14-17)27-9-5-6-10-27/h7-8,11-15,21H,5-6,9-10H2,1-4H3,(H,25,29)(H,26,28)/t21-/m1/s1. The number of anilines is 2. The Labute approximate surface area is 182 Å². The second-order valence-corrected chi connectivity index (χ2v) is 7.88. The predicted octanol–water partition coefficient (Wildman–Crippen LogP) is 3.09. The van der Waals surface area contributed by atoms with Crippen LogP contribution in [-0.4, -0.2) is 50.1 Å². The summed E-state index contributed by atoms with van der Waals surface area (Å²) in [6.07, 6.45) is 4.00. The molecule has 2 heterocycles. The molecule has 0 aliphatic carbocycles. The number of nitrogens with one attached hydrogen (secondary N) is 2. The number of amides is 2. The Morgan fingerprint density at radius 1 is 1.03 bits per heavy atom. The molecular formula is C23H30N4O4. The predicted molar refractivity (Wildman–Crippen MR) is 120 cm³/mol. The van der Waals surface area contributed by atoms with E-state index in [1.54, 1.807) is 24.4 Å². The normalized spacial score (nSPS) is 14.3. The minimum absolute atomic E-state index is 0.117. The van der Waals surface area contributed by atoms with Crippen LogP contribution in [0.1, 0.15) is 37.0 Å². The molecule has 3 rings (SSSR count). The summed E-state index contributed by atoms with van der Waals surface area (Å²) in [5.41, 5.74) is 0.946. The van der Waals surface area contributed by atoms with E-state index in [4.69, 9.17) is 9.47 Å².